The first-order chi connectivity index (χ1) is 21.3. The summed E-state index contributed by atoms with van der Waals surface area (Å²) in [5.41, 5.74) is 2.54. The molecule has 0 saturated carbocycles. The maximum absolute atomic E-state index is 12.3. The molecule has 0 unspecified atom stereocenters. The zero-order valence-corrected chi connectivity index (χ0v) is 26.1. The first-order valence-electron chi connectivity index (χ1n) is 14.3. The van der Waals surface area contributed by atoms with Crippen molar-refractivity contribution in [2.24, 2.45) is 0 Å². The van der Waals surface area contributed by atoms with Gasteiger partial charge >= 0.3 is 13.2 Å². The van der Waals surface area contributed by atoms with Crippen molar-refractivity contribution in [1.29, 1.82) is 0 Å². The predicted molar refractivity (Wildman–Crippen MR) is 160 cm³/mol. The van der Waals surface area contributed by atoms with Crippen LogP contribution >= 0.6 is 22.6 Å². The maximum atomic E-state index is 12.3. The number of fused-ring (bicyclic) bond motifs is 2. The lowest BCUT2D eigenvalue weighted by molar-refractivity contribution is -0.182. The molecule has 4 heterocycles. The Morgan fingerprint density at radius 3 is 1.70 bits per heavy atom. The van der Waals surface area contributed by atoms with Crippen molar-refractivity contribution in [3.8, 4) is 11.5 Å². The zero-order valence-electron chi connectivity index (χ0n) is 24.0. The molecule has 0 N–H and O–H groups in total. The molecule has 10 nitrogen and oxygen atoms in total. The molecule has 2 aliphatic rings. The lowest BCUT2D eigenvalue weighted by atomic mass is 10.2. The minimum atomic E-state index is -2.83. The lowest BCUT2D eigenvalue weighted by Gasteiger charge is -2.23. The topological polar surface area (TPSA) is 91.0 Å². The van der Waals surface area contributed by atoms with Crippen LogP contribution in [0.25, 0.3) is 21.8 Å². The fourth-order valence-corrected chi connectivity index (χ4v) is 5.69. The number of halogens is 5. The highest BCUT2D eigenvalue weighted by atomic mass is 127. The van der Waals surface area contributed by atoms with Crippen LogP contribution in [-0.2, 0) is 32.0 Å². The molecule has 6 rings (SSSR count). The van der Waals surface area contributed by atoms with E-state index in [4.69, 9.17) is 18.9 Å². The highest BCUT2D eigenvalue weighted by Crippen LogP contribution is 2.27. The number of alkyl halides is 4. The summed E-state index contributed by atoms with van der Waals surface area (Å²) in [4.78, 5) is 0. The van der Waals surface area contributed by atoms with Gasteiger partial charge in [-0.15, -0.1) is 0 Å². The van der Waals surface area contributed by atoms with Gasteiger partial charge in [0, 0.05) is 36.7 Å². The van der Waals surface area contributed by atoms with Crippen LogP contribution in [0.1, 0.15) is 31.4 Å². The highest BCUT2D eigenvalue weighted by Gasteiger charge is 2.18. The Labute approximate surface area is 264 Å². The molecule has 0 spiro atoms. The van der Waals surface area contributed by atoms with Crippen LogP contribution < -0.4 is 9.47 Å². The molecule has 2 aromatic heterocycles. The van der Waals surface area contributed by atoms with E-state index in [9.17, 15) is 17.6 Å². The van der Waals surface area contributed by atoms with Crippen LogP contribution in [0.2, 0.25) is 0 Å². The van der Waals surface area contributed by atoms with Gasteiger partial charge in [-0.2, -0.15) is 27.8 Å². The zero-order chi connectivity index (χ0) is 31.1. The maximum Gasteiger partial charge on any atom is 0.387 e. The number of hydrogen-bond acceptors (Lipinski definition) is 8. The minimum absolute atomic E-state index is 0.138. The summed E-state index contributed by atoms with van der Waals surface area (Å²) in [6.07, 6.45) is 2.84. The largest absolute Gasteiger partial charge is 0.435 e. The van der Waals surface area contributed by atoms with Crippen LogP contribution in [0.4, 0.5) is 17.6 Å². The van der Waals surface area contributed by atoms with E-state index in [1.165, 1.54) is 12.1 Å². The first-order valence-corrected chi connectivity index (χ1v) is 15.3. The van der Waals surface area contributed by atoms with Crippen molar-refractivity contribution in [2.45, 2.75) is 71.5 Å². The van der Waals surface area contributed by atoms with Crippen molar-refractivity contribution in [3.63, 3.8) is 0 Å². The van der Waals surface area contributed by atoms with E-state index >= 15 is 0 Å². The van der Waals surface area contributed by atoms with Crippen LogP contribution in [-0.4, -0.2) is 71.8 Å². The summed E-state index contributed by atoms with van der Waals surface area (Å²) in [5, 5.41) is 10.5. The normalized spacial score (nSPS) is 16.5. The lowest BCUT2D eigenvalue weighted by Crippen LogP contribution is -2.26. The van der Waals surface area contributed by atoms with E-state index in [0.29, 0.717) is 25.9 Å². The Balaban J connectivity index is 0.000000175. The van der Waals surface area contributed by atoms with Crippen molar-refractivity contribution >= 4 is 44.4 Å². The van der Waals surface area contributed by atoms with Crippen molar-refractivity contribution in [1.82, 2.24) is 19.6 Å². The molecule has 4 aromatic rings. The van der Waals surface area contributed by atoms with Gasteiger partial charge in [-0.05, 0) is 78.8 Å². The Hall–Kier alpha value is -2.73. The summed E-state index contributed by atoms with van der Waals surface area (Å²) in [6.45, 7) is 0.351. The summed E-state index contributed by atoms with van der Waals surface area (Å²) in [5.74, 6) is 0.281. The summed E-state index contributed by atoms with van der Waals surface area (Å²) < 4.78 is 84.5. The highest BCUT2D eigenvalue weighted by molar-refractivity contribution is 14.1. The number of hydrogen-bond donors (Lipinski definition) is 0. The molecular weight excluding hydrogens is 703 g/mol. The fraction of sp³-hybridized carbons (Fsp3) is 0.517. The van der Waals surface area contributed by atoms with E-state index in [1.807, 2.05) is 16.3 Å². The third-order valence-corrected chi connectivity index (χ3v) is 7.78. The molecule has 0 aliphatic carbocycles. The van der Waals surface area contributed by atoms with Crippen molar-refractivity contribution < 1.29 is 46.0 Å². The molecule has 0 bridgehead atoms. The van der Waals surface area contributed by atoms with Gasteiger partial charge < -0.3 is 28.4 Å². The van der Waals surface area contributed by atoms with E-state index in [0.717, 1.165) is 70.5 Å². The van der Waals surface area contributed by atoms with Crippen LogP contribution in [0.15, 0.2) is 36.4 Å². The second-order valence-electron chi connectivity index (χ2n) is 10.1. The van der Waals surface area contributed by atoms with Gasteiger partial charge in [-0.3, -0.25) is 9.36 Å². The average Bonchev–Trinajstić information content (AvgIpc) is 3.50. The minimum Gasteiger partial charge on any atom is -0.435 e. The molecule has 0 amide bonds. The molecule has 2 saturated heterocycles. The molecule has 240 valence electrons. The monoisotopic (exact) mass is 736 g/mol. The molecule has 0 atom stereocenters. The van der Waals surface area contributed by atoms with Gasteiger partial charge in [0.25, 0.3) is 0 Å². The summed E-state index contributed by atoms with van der Waals surface area (Å²) >= 11 is 2.09. The van der Waals surface area contributed by atoms with Crippen LogP contribution in [0.3, 0.4) is 0 Å². The molecule has 44 heavy (non-hydrogen) atoms. The number of ether oxygens (including phenoxy) is 6. The number of nitrogens with zero attached hydrogens (tertiary/aromatic N) is 4. The van der Waals surface area contributed by atoms with Gasteiger partial charge in [0.05, 0.1) is 43.2 Å². The molecular formula is C29H33F4IN4O6. The second kappa shape index (κ2) is 15.5. The average molecular weight is 737 g/mol. The number of rotatable bonds is 10. The standard InChI is InChI=1S/C15H18F2N2O3.C14H15F2IN2O3/c1-10-12-9-11(22-15(16)17)3-4-13(12)19(18-10)6-5-14-20-7-2-8-21-14;15-14(16)22-9-2-3-11-10(8-9)13(17)18-19(11)5-4-12-20-6-1-7-21-12/h3-4,9,14-15H,2,5-8H2,1H3;2-3,8,12,14H,1,4-7H2. The third-order valence-electron chi connectivity index (χ3n) is 6.98. The Morgan fingerprint density at radius 1 is 0.750 bits per heavy atom. The van der Waals surface area contributed by atoms with Gasteiger partial charge in [-0.1, -0.05) is 0 Å². The summed E-state index contributed by atoms with van der Waals surface area (Å²) in [7, 11) is 0. The molecule has 2 fully saturated rings. The SMILES string of the molecule is Cc1nn(CCC2OCCCO2)c2ccc(OC(F)F)cc12.FC(F)Oc1ccc2c(c1)c(I)nn2CCC1OCCCO1. The molecule has 0 radical (unpaired) electrons. The predicted octanol–water partition coefficient (Wildman–Crippen LogP) is 6.49. The summed E-state index contributed by atoms with van der Waals surface area (Å²) in [6, 6.07) is 9.71. The number of aryl methyl sites for hydroxylation is 3. The van der Waals surface area contributed by atoms with Crippen LogP contribution in [0.5, 0.6) is 11.5 Å². The quantitative estimate of drug-likeness (QED) is 0.135. The molecule has 2 aliphatic heterocycles. The van der Waals surface area contributed by atoms with E-state index in [1.54, 1.807) is 24.3 Å². The van der Waals surface area contributed by atoms with Crippen molar-refractivity contribution in [3.05, 3.63) is 45.8 Å². The molecule has 2 aromatic carbocycles. The smallest absolute Gasteiger partial charge is 0.387 e. The third kappa shape index (κ3) is 8.71. The second-order valence-corrected chi connectivity index (χ2v) is 11.1. The Bertz CT molecular complexity index is 1400. The van der Waals surface area contributed by atoms with Gasteiger partial charge in [0.2, 0.25) is 0 Å². The van der Waals surface area contributed by atoms with E-state index in [-0.39, 0.29) is 24.1 Å². The van der Waals surface area contributed by atoms with E-state index < -0.39 is 13.2 Å². The molecule has 15 heteroatoms. The van der Waals surface area contributed by atoms with Gasteiger partial charge in [-0.25, -0.2) is 0 Å². The Morgan fingerprint density at radius 2 is 1.20 bits per heavy atom. The van der Waals surface area contributed by atoms with E-state index in [2.05, 4.69) is 42.3 Å². The number of aromatic nitrogens is 4. The fourth-order valence-electron chi connectivity index (χ4n) is 4.99. The van der Waals surface area contributed by atoms with Crippen molar-refractivity contribution in [2.75, 3.05) is 26.4 Å². The Kier molecular flexibility index (Phi) is 11.5. The number of benzene rings is 2. The first kappa shape index (κ1) is 32.7. The van der Waals surface area contributed by atoms with Gasteiger partial charge in [0.1, 0.15) is 15.2 Å². The van der Waals surface area contributed by atoms with Gasteiger partial charge in [0.15, 0.2) is 12.6 Å². The van der Waals surface area contributed by atoms with Crippen LogP contribution in [0, 0.1) is 10.6 Å².